The first-order chi connectivity index (χ1) is 13.4. The Bertz CT molecular complexity index is 1030. The lowest BCUT2D eigenvalue weighted by Crippen LogP contribution is -2.27. The predicted octanol–water partition coefficient (Wildman–Crippen LogP) is 4.50. The SMILES string of the molecule is O=C(CCNC(=O)c1ccccc1Cl)Nc1nc(-c2ccc(F)c(F)c2)cs1. The van der Waals surface area contributed by atoms with Gasteiger partial charge in [-0.05, 0) is 30.3 Å². The van der Waals surface area contributed by atoms with E-state index in [1.165, 1.54) is 6.07 Å². The summed E-state index contributed by atoms with van der Waals surface area (Å²) in [5.41, 5.74) is 1.16. The molecule has 0 spiro atoms. The van der Waals surface area contributed by atoms with Crippen molar-refractivity contribution < 1.29 is 18.4 Å². The second kappa shape index (κ2) is 8.90. The van der Waals surface area contributed by atoms with Crippen molar-refractivity contribution in [2.45, 2.75) is 6.42 Å². The molecule has 1 heterocycles. The molecular weight excluding hydrogens is 408 g/mol. The molecule has 2 N–H and O–H groups in total. The van der Waals surface area contributed by atoms with Crippen LogP contribution in [0.15, 0.2) is 47.8 Å². The Balaban J connectivity index is 1.51. The predicted molar refractivity (Wildman–Crippen MR) is 104 cm³/mol. The van der Waals surface area contributed by atoms with Crippen LogP contribution < -0.4 is 10.6 Å². The van der Waals surface area contributed by atoms with E-state index >= 15 is 0 Å². The first kappa shape index (κ1) is 19.9. The number of thiazole rings is 1. The molecule has 0 fully saturated rings. The molecule has 3 aromatic rings. The fourth-order valence-corrected chi connectivity index (χ4v) is 3.29. The molecule has 3 rings (SSSR count). The number of nitrogens with one attached hydrogen (secondary N) is 2. The normalized spacial score (nSPS) is 10.5. The number of amides is 2. The van der Waals surface area contributed by atoms with Crippen molar-refractivity contribution >= 4 is 39.9 Å². The third-order valence-electron chi connectivity index (χ3n) is 3.72. The Morgan fingerprint density at radius 2 is 1.89 bits per heavy atom. The number of anilines is 1. The van der Waals surface area contributed by atoms with E-state index < -0.39 is 11.6 Å². The molecule has 0 aliphatic heterocycles. The van der Waals surface area contributed by atoms with Crippen molar-refractivity contribution in [2.75, 3.05) is 11.9 Å². The standard InChI is InChI=1S/C19H14ClF2N3O2S/c20-13-4-2-1-3-12(13)18(27)23-8-7-17(26)25-19-24-16(10-28-19)11-5-6-14(21)15(22)9-11/h1-6,9-10H,7-8H2,(H,23,27)(H,24,25,26). The lowest BCUT2D eigenvalue weighted by Gasteiger charge is -2.06. The maximum atomic E-state index is 13.3. The number of nitrogens with zero attached hydrogens (tertiary/aromatic N) is 1. The van der Waals surface area contributed by atoms with Crippen molar-refractivity contribution in [3.63, 3.8) is 0 Å². The van der Waals surface area contributed by atoms with Crippen LogP contribution in [-0.4, -0.2) is 23.3 Å². The summed E-state index contributed by atoms with van der Waals surface area (Å²) in [6.45, 7) is 0.122. The molecule has 144 valence electrons. The maximum absolute atomic E-state index is 13.3. The van der Waals surface area contributed by atoms with Crippen LogP contribution in [-0.2, 0) is 4.79 Å². The highest BCUT2D eigenvalue weighted by molar-refractivity contribution is 7.14. The van der Waals surface area contributed by atoms with Gasteiger partial charge in [-0.2, -0.15) is 0 Å². The molecule has 0 saturated carbocycles. The van der Waals surface area contributed by atoms with Gasteiger partial charge in [0.1, 0.15) is 0 Å². The summed E-state index contributed by atoms with van der Waals surface area (Å²) in [6.07, 6.45) is 0.0380. The van der Waals surface area contributed by atoms with E-state index in [1.807, 2.05) is 0 Å². The number of halogens is 3. The zero-order valence-corrected chi connectivity index (χ0v) is 15.9. The minimum atomic E-state index is -0.967. The van der Waals surface area contributed by atoms with Gasteiger partial charge in [-0.25, -0.2) is 13.8 Å². The van der Waals surface area contributed by atoms with Gasteiger partial charge in [0.05, 0.1) is 16.3 Å². The summed E-state index contributed by atoms with van der Waals surface area (Å²) in [6, 6.07) is 10.1. The Morgan fingerprint density at radius 3 is 2.64 bits per heavy atom. The van der Waals surface area contributed by atoms with Gasteiger partial charge in [-0.15, -0.1) is 11.3 Å². The van der Waals surface area contributed by atoms with Crippen LogP contribution >= 0.6 is 22.9 Å². The second-order valence-electron chi connectivity index (χ2n) is 5.70. The van der Waals surface area contributed by atoms with E-state index in [9.17, 15) is 18.4 Å². The Labute approximate surface area is 168 Å². The molecule has 0 atom stereocenters. The zero-order valence-electron chi connectivity index (χ0n) is 14.3. The maximum Gasteiger partial charge on any atom is 0.252 e. The summed E-state index contributed by atoms with van der Waals surface area (Å²) < 4.78 is 26.3. The topological polar surface area (TPSA) is 71.1 Å². The van der Waals surface area contributed by atoms with Gasteiger partial charge < -0.3 is 10.6 Å². The molecule has 0 unspecified atom stereocenters. The fourth-order valence-electron chi connectivity index (χ4n) is 2.33. The van der Waals surface area contributed by atoms with Crippen molar-refractivity contribution in [1.82, 2.24) is 10.3 Å². The summed E-state index contributed by atoms with van der Waals surface area (Å²) in [7, 11) is 0. The molecule has 5 nitrogen and oxygen atoms in total. The average molecular weight is 422 g/mol. The van der Waals surface area contributed by atoms with Gasteiger partial charge in [0, 0.05) is 23.9 Å². The number of hydrogen-bond donors (Lipinski definition) is 2. The quantitative estimate of drug-likeness (QED) is 0.615. The van der Waals surface area contributed by atoms with Gasteiger partial charge in [-0.1, -0.05) is 23.7 Å². The molecule has 0 aliphatic carbocycles. The number of carbonyl (C=O) groups is 2. The van der Waals surface area contributed by atoms with Crippen LogP contribution in [0.3, 0.4) is 0 Å². The van der Waals surface area contributed by atoms with Crippen LogP contribution in [0.2, 0.25) is 5.02 Å². The van der Waals surface area contributed by atoms with Crippen LogP contribution in [0.4, 0.5) is 13.9 Å². The first-order valence-electron chi connectivity index (χ1n) is 8.17. The number of rotatable bonds is 6. The lowest BCUT2D eigenvalue weighted by atomic mass is 10.2. The van der Waals surface area contributed by atoms with Crippen molar-refractivity contribution in [1.29, 1.82) is 0 Å². The molecular formula is C19H14ClF2N3O2S. The van der Waals surface area contributed by atoms with Crippen molar-refractivity contribution in [3.05, 3.63) is 70.1 Å². The van der Waals surface area contributed by atoms with E-state index in [-0.39, 0.29) is 24.8 Å². The van der Waals surface area contributed by atoms with Crippen molar-refractivity contribution in [2.24, 2.45) is 0 Å². The second-order valence-corrected chi connectivity index (χ2v) is 6.97. The van der Waals surface area contributed by atoms with Crippen LogP contribution in [0.1, 0.15) is 16.8 Å². The van der Waals surface area contributed by atoms with Gasteiger partial charge >= 0.3 is 0 Å². The molecule has 1 aromatic heterocycles. The highest BCUT2D eigenvalue weighted by atomic mass is 35.5. The van der Waals surface area contributed by atoms with Crippen LogP contribution in [0.25, 0.3) is 11.3 Å². The van der Waals surface area contributed by atoms with Gasteiger partial charge in [-0.3, -0.25) is 9.59 Å². The zero-order chi connectivity index (χ0) is 20.1. The average Bonchev–Trinajstić information content (AvgIpc) is 3.12. The highest BCUT2D eigenvalue weighted by Crippen LogP contribution is 2.26. The highest BCUT2D eigenvalue weighted by Gasteiger charge is 2.12. The van der Waals surface area contributed by atoms with E-state index in [4.69, 9.17) is 11.6 Å². The van der Waals surface area contributed by atoms with Crippen LogP contribution in [0, 0.1) is 11.6 Å². The largest absolute Gasteiger partial charge is 0.351 e. The molecule has 9 heteroatoms. The van der Waals surface area contributed by atoms with E-state index in [2.05, 4.69) is 15.6 Å². The van der Waals surface area contributed by atoms with Gasteiger partial charge in [0.2, 0.25) is 5.91 Å². The molecule has 2 amide bonds. The smallest absolute Gasteiger partial charge is 0.252 e. The lowest BCUT2D eigenvalue weighted by molar-refractivity contribution is -0.116. The molecule has 2 aromatic carbocycles. The monoisotopic (exact) mass is 421 g/mol. The number of benzene rings is 2. The molecule has 0 bridgehead atoms. The summed E-state index contributed by atoms with van der Waals surface area (Å²) in [5.74, 6) is -2.62. The van der Waals surface area contributed by atoms with E-state index in [0.717, 1.165) is 23.5 Å². The van der Waals surface area contributed by atoms with E-state index in [0.29, 0.717) is 27.0 Å². The minimum Gasteiger partial charge on any atom is -0.351 e. The van der Waals surface area contributed by atoms with Crippen molar-refractivity contribution in [3.8, 4) is 11.3 Å². The number of aromatic nitrogens is 1. The first-order valence-corrected chi connectivity index (χ1v) is 9.43. The van der Waals surface area contributed by atoms with Gasteiger partial charge in [0.25, 0.3) is 5.91 Å². The number of carbonyl (C=O) groups excluding carboxylic acids is 2. The third kappa shape index (κ3) is 4.90. The Morgan fingerprint density at radius 1 is 1.11 bits per heavy atom. The molecule has 0 aliphatic rings. The fraction of sp³-hybridized carbons (Fsp3) is 0.105. The van der Waals surface area contributed by atoms with Crippen LogP contribution in [0.5, 0.6) is 0 Å². The minimum absolute atomic E-state index is 0.0380. The number of hydrogen-bond acceptors (Lipinski definition) is 4. The van der Waals surface area contributed by atoms with E-state index in [1.54, 1.807) is 29.6 Å². The molecule has 0 saturated heterocycles. The Hall–Kier alpha value is -2.84. The van der Waals surface area contributed by atoms with Gasteiger partial charge in [0.15, 0.2) is 16.8 Å². The Kier molecular flexibility index (Phi) is 6.33. The summed E-state index contributed by atoms with van der Waals surface area (Å²) in [5, 5.41) is 7.51. The summed E-state index contributed by atoms with van der Waals surface area (Å²) >= 11 is 7.11. The summed E-state index contributed by atoms with van der Waals surface area (Å²) in [4.78, 5) is 28.2. The third-order valence-corrected chi connectivity index (χ3v) is 4.81. The molecule has 0 radical (unpaired) electrons. The molecule has 28 heavy (non-hydrogen) atoms.